The molecule has 0 spiro atoms. The van der Waals surface area contributed by atoms with Crippen molar-refractivity contribution < 1.29 is 18.7 Å². The van der Waals surface area contributed by atoms with E-state index in [-0.39, 0.29) is 11.7 Å². The number of carbonyl (C=O) groups excluding carboxylic acids is 2. The molecule has 0 saturated carbocycles. The number of ether oxygens (including phenoxy) is 1. The van der Waals surface area contributed by atoms with Crippen molar-refractivity contribution in [2.75, 3.05) is 11.5 Å². The molecule has 1 amide bonds. The summed E-state index contributed by atoms with van der Waals surface area (Å²) in [6, 6.07) is 16.0. The molecule has 0 radical (unpaired) electrons. The van der Waals surface area contributed by atoms with Crippen molar-refractivity contribution in [3.63, 3.8) is 0 Å². The summed E-state index contributed by atoms with van der Waals surface area (Å²) in [6.07, 6.45) is 1.37. The van der Waals surface area contributed by atoms with Crippen LogP contribution in [0.25, 0.3) is 0 Å². The van der Waals surface area contributed by atoms with E-state index in [1.165, 1.54) is 17.2 Å². The van der Waals surface area contributed by atoms with E-state index in [0.29, 0.717) is 10.7 Å². The molecule has 0 bridgehead atoms. The Bertz CT molecular complexity index is 987. The number of furan rings is 1. The van der Waals surface area contributed by atoms with E-state index >= 15 is 0 Å². The Morgan fingerprint density at radius 3 is 2.65 bits per heavy atom. The summed E-state index contributed by atoms with van der Waals surface area (Å²) < 4.78 is 10.1. The molecule has 4 rings (SSSR count). The molecule has 5 nitrogen and oxygen atoms in total. The van der Waals surface area contributed by atoms with E-state index in [2.05, 4.69) is 0 Å². The molecular formula is C19H12ClNO4S. The minimum atomic E-state index is -0.686. The second-order valence-electron chi connectivity index (χ2n) is 5.46. The zero-order valence-corrected chi connectivity index (χ0v) is 14.9. The van der Waals surface area contributed by atoms with Crippen LogP contribution in [-0.2, 0) is 9.53 Å². The Morgan fingerprint density at radius 1 is 1.04 bits per heavy atom. The summed E-state index contributed by atoms with van der Waals surface area (Å²) >= 11 is 7.68. The van der Waals surface area contributed by atoms with Crippen molar-refractivity contribution >= 4 is 46.6 Å². The maximum absolute atomic E-state index is 12.9. The molecule has 1 aromatic heterocycles. The minimum Gasteiger partial charge on any atom is -0.457 e. The van der Waals surface area contributed by atoms with Crippen molar-refractivity contribution in [1.82, 2.24) is 0 Å². The number of anilines is 2. The predicted octanol–water partition coefficient (Wildman–Crippen LogP) is 4.92. The Kier molecular flexibility index (Phi) is 4.44. The lowest BCUT2D eigenvalue weighted by atomic mass is 10.2. The van der Waals surface area contributed by atoms with E-state index in [1.54, 1.807) is 30.0 Å². The number of esters is 1. The quantitative estimate of drug-likeness (QED) is 0.599. The topological polar surface area (TPSA) is 59.8 Å². The van der Waals surface area contributed by atoms with E-state index in [9.17, 15) is 9.59 Å². The predicted molar refractivity (Wildman–Crippen MR) is 98.2 cm³/mol. The van der Waals surface area contributed by atoms with Gasteiger partial charge in [-0.1, -0.05) is 35.5 Å². The number of amides is 1. The maximum Gasteiger partial charge on any atom is 0.374 e. The van der Waals surface area contributed by atoms with E-state index < -0.39 is 12.6 Å². The molecule has 130 valence electrons. The summed E-state index contributed by atoms with van der Waals surface area (Å²) in [4.78, 5) is 28.2. The van der Waals surface area contributed by atoms with Crippen molar-refractivity contribution in [3.8, 4) is 0 Å². The molecule has 3 aromatic rings. The van der Waals surface area contributed by atoms with Crippen LogP contribution in [0.3, 0.4) is 0 Å². The van der Waals surface area contributed by atoms with Gasteiger partial charge in [0.25, 0.3) is 5.91 Å². The highest BCUT2D eigenvalue weighted by molar-refractivity contribution is 7.99. The Balaban J connectivity index is 1.63. The summed E-state index contributed by atoms with van der Waals surface area (Å²) in [6.45, 7) is -0.412. The number of para-hydroxylation sites is 1. The van der Waals surface area contributed by atoms with Crippen molar-refractivity contribution in [1.29, 1.82) is 0 Å². The first-order valence-corrected chi connectivity index (χ1v) is 8.93. The lowest BCUT2D eigenvalue weighted by Gasteiger charge is -2.31. The van der Waals surface area contributed by atoms with Crippen LogP contribution < -0.4 is 4.90 Å². The highest BCUT2D eigenvalue weighted by Crippen LogP contribution is 2.48. The van der Waals surface area contributed by atoms with Gasteiger partial charge < -0.3 is 9.15 Å². The summed E-state index contributed by atoms with van der Waals surface area (Å²) in [5, 5.41) is 0.522. The smallest absolute Gasteiger partial charge is 0.374 e. The average Bonchev–Trinajstić information content (AvgIpc) is 3.19. The molecule has 26 heavy (non-hydrogen) atoms. The van der Waals surface area contributed by atoms with Crippen molar-refractivity contribution in [2.45, 2.75) is 9.79 Å². The van der Waals surface area contributed by atoms with Gasteiger partial charge in [-0.15, -0.1) is 0 Å². The van der Waals surface area contributed by atoms with E-state index in [4.69, 9.17) is 20.8 Å². The third-order valence-corrected chi connectivity index (χ3v) is 5.15. The second-order valence-corrected chi connectivity index (χ2v) is 6.98. The van der Waals surface area contributed by atoms with Crippen LogP contribution in [0.2, 0.25) is 5.02 Å². The van der Waals surface area contributed by atoms with Gasteiger partial charge in [0.2, 0.25) is 5.76 Å². The first-order chi connectivity index (χ1) is 12.6. The van der Waals surface area contributed by atoms with Gasteiger partial charge in [0.1, 0.15) is 0 Å². The molecule has 1 aliphatic heterocycles. The first-order valence-electron chi connectivity index (χ1n) is 7.73. The Morgan fingerprint density at radius 2 is 1.85 bits per heavy atom. The van der Waals surface area contributed by atoms with Gasteiger partial charge in [0.15, 0.2) is 6.61 Å². The van der Waals surface area contributed by atoms with Crippen LogP contribution in [0.1, 0.15) is 10.6 Å². The number of nitrogens with zero attached hydrogens (tertiary/aromatic N) is 1. The highest BCUT2D eigenvalue weighted by atomic mass is 35.5. The molecule has 7 heteroatoms. The van der Waals surface area contributed by atoms with Gasteiger partial charge in [0.05, 0.1) is 17.6 Å². The van der Waals surface area contributed by atoms with Crippen LogP contribution in [0.5, 0.6) is 0 Å². The van der Waals surface area contributed by atoms with Gasteiger partial charge in [-0.25, -0.2) is 4.79 Å². The van der Waals surface area contributed by atoms with Crippen LogP contribution >= 0.6 is 23.4 Å². The molecular weight excluding hydrogens is 374 g/mol. The number of hydrogen-bond acceptors (Lipinski definition) is 5. The molecule has 1 aliphatic rings. The molecule has 0 saturated heterocycles. The normalized spacial score (nSPS) is 12.3. The van der Waals surface area contributed by atoms with Gasteiger partial charge in [-0.3, -0.25) is 9.69 Å². The molecule has 0 atom stereocenters. The number of fused-ring (bicyclic) bond motifs is 2. The fraction of sp³-hybridized carbons (Fsp3) is 0.0526. The molecule has 0 N–H and O–H groups in total. The minimum absolute atomic E-state index is 0.0517. The number of rotatable bonds is 3. The molecule has 0 aliphatic carbocycles. The van der Waals surface area contributed by atoms with Crippen molar-refractivity contribution in [3.05, 3.63) is 71.6 Å². The second kappa shape index (κ2) is 6.90. The van der Waals surface area contributed by atoms with Gasteiger partial charge >= 0.3 is 5.97 Å². The fourth-order valence-electron chi connectivity index (χ4n) is 2.65. The van der Waals surface area contributed by atoms with E-state index in [1.807, 2.05) is 30.3 Å². The average molecular weight is 386 g/mol. The Hall–Kier alpha value is -2.70. The van der Waals surface area contributed by atoms with Gasteiger partial charge in [-0.05, 0) is 42.5 Å². The number of halogens is 1. The number of benzene rings is 2. The van der Waals surface area contributed by atoms with Crippen LogP contribution in [0, 0.1) is 0 Å². The van der Waals surface area contributed by atoms with Crippen molar-refractivity contribution in [2.24, 2.45) is 0 Å². The third kappa shape index (κ3) is 3.09. The molecule has 0 fully saturated rings. The van der Waals surface area contributed by atoms with E-state index in [0.717, 1.165) is 15.5 Å². The van der Waals surface area contributed by atoms with Crippen LogP contribution in [0.4, 0.5) is 11.4 Å². The zero-order valence-electron chi connectivity index (χ0n) is 13.3. The standard InChI is InChI=1S/C19H12ClNO4S/c20-12-7-8-17-14(10-12)21(13-4-1-2-6-16(13)26-17)18(22)11-25-19(23)15-5-3-9-24-15/h1-10H,11H2. The van der Waals surface area contributed by atoms with Crippen LogP contribution in [0.15, 0.2) is 75.1 Å². The maximum atomic E-state index is 12.9. The van der Waals surface area contributed by atoms with Crippen LogP contribution in [-0.4, -0.2) is 18.5 Å². The lowest BCUT2D eigenvalue weighted by Crippen LogP contribution is -2.32. The lowest BCUT2D eigenvalue weighted by molar-refractivity contribution is -0.121. The molecule has 2 aromatic carbocycles. The number of carbonyl (C=O) groups is 2. The third-order valence-electron chi connectivity index (χ3n) is 3.79. The van der Waals surface area contributed by atoms with Gasteiger partial charge in [-0.2, -0.15) is 0 Å². The summed E-state index contributed by atoms with van der Waals surface area (Å²) in [5.74, 6) is -1.01. The van der Waals surface area contributed by atoms with Gasteiger partial charge in [0, 0.05) is 14.8 Å². The SMILES string of the molecule is O=C(OCC(=O)N1c2ccccc2Sc2ccc(Cl)cc21)c1ccco1. The molecule has 2 heterocycles. The largest absolute Gasteiger partial charge is 0.457 e. The monoisotopic (exact) mass is 385 g/mol. The zero-order chi connectivity index (χ0) is 18.1. The Labute approximate surface area is 158 Å². The summed E-state index contributed by atoms with van der Waals surface area (Å²) in [7, 11) is 0. The number of hydrogen-bond donors (Lipinski definition) is 0. The first kappa shape index (κ1) is 16.8. The highest BCUT2D eigenvalue weighted by Gasteiger charge is 2.29. The summed E-state index contributed by atoms with van der Waals surface area (Å²) in [5.41, 5.74) is 1.39. The molecule has 0 unspecified atom stereocenters. The fourth-order valence-corrected chi connectivity index (χ4v) is 3.86.